The number of likely N-dealkylation sites (tertiary alicyclic amines) is 1. The van der Waals surface area contributed by atoms with Crippen LogP contribution in [0.3, 0.4) is 0 Å². The monoisotopic (exact) mass is 287 g/mol. The van der Waals surface area contributed by atoms with Crippen molar-refractivity contribution in [2.24, 2.45) is 5.41 Å². The van der Waals surface area contributed by atoms with Crippen molar-refractivity contribution in [3.8, 4) is 0 Å². The highest BCUT2D eigenvalue weighted by atomic mass is 35.5. The lowest BCUT2D eigenvalue weighted by molar-refractivity contribution is -0.126. The van der Waals surface area contributed by atoms with E-state index in [9.17, 15) is 4.79 Å². The van der Waals surface area contributed by atoms with Gasteiger partial charge in [0.05, 0.1) is 6.04 Å². The van der Waals surface area contributed by atoms with Crippen LogP contribution in [0.5, 0.6) is 0 Å². The van der Waals surface area contributed by atoms with Crippen LogP contribution in [0.1, 0.15) is 39.0 Å². The van der Waals surface area contributed by atoms with Crippen molar-refractivity contribution in [1.82, 2.24) is 15.5 Å². The number of hydrogen-bond donors (Lipinski definition) is 2. The van der Waals surface area contributed by atoms with E-state index in [4.69, 9.17) is 0 Å². The van der Waals surface area contributed by atoms with E-state index in [1.54, 1.807) is 0 Å². The first kappa shape index (κ1) is 15.1. The van der Waals surface area contributed by atoms with E-state index in [0.717, 1.165) is 32.6 Å². The molecule has 2 aliphatic heterocycles. The van der Waals surface area contributed by atoms with Crippen LogP contribution in [0, 0.1) is 5.41 Å². The lowest BCUT2D eigenvalue weighted by Gasteiger charge is -2.32. The Morgan fingerprint density at radius 3 is 2.84 bits per heavy atom. The molecule has 19 heavy (non-hydrogen) atoms. The van der Waals surface area contributed by atoms with Crippen molar-refractivity contribution < 1.29 is 4.79 Å². The third-order valence-corrected chi connectivity index (χ3v) is 4.63. The summed E-state index contributed by atoms with van der Waals surface area (Å²) in [5.41, 5.74) is 0.364. The average molecular weight is 288 g/mol. The summed E-state index contributed by atoms with van der Waals surface area (Å²) in [6, 6.07) is 0.631. The molecule has 0 aromatic rings. The Labute approximate surface area is 122 Å². The van der Waals surface area contributed by atoms with Crippen molar-refractivity contribution in [1.29, 1.82) is 0 Å². The van der Waals surface area contributed by atoms with Crippen LogP contribution in [-0.2, 0) is 4.79 Å². The number of amides is 1. The fourth-order valence-corrected chi connectivity index (χ4v) is 3.33. The molecule has 4 nitrogen and oxygen atoms in total. The predicted octanol–water partition coefficient (Wildman–Crippen LogP) is 1.15. The highest BCUT2D eigenvalue weighted by Crippen LogP contribution is 2.30. The molecule has 0 aromatic carbocycles. The Morgan fingerprint density at radius 2 is 2.21 bits per heavy atom. The van der Waals surface area contributed by atoms with Gasteiger partial charge in [0.15, 0.2) is 0 Å². The van der Waals surface area contributed by atoms with Crippen LogP contribution in [0.25, 0.3) is 0 Å². The van der Waals surface area contributed by atoms with Gasteiger partial charge in [-0.1, -0.05) is 6.92 Å². The standard InChI is InChI=1S/C14H25N3O.ClH/c1-14(6-7-15-9-14)10-17-8-2-3-12(17)13(18)16-11-4-5-11;/h11-12,15H,2-10H2,1H3,(H,16,18);1H. The third-order valence-electron chi connectivity index (χ3n) is 4.63. The molecule has 0 spiro atoms. The van der Waals surface area contributed by atoms with E-state index in [1.807, 2.05) is 0 Å². The first-order chi connectivity index (χ1) is 8.66. The molecule has 2 atom stereocenters. The van der Waals surface area contributed by atoms with E-state index >= 15 is 0 Å². The van der Waals surface area contributed by atoms with Gasteiger partial charge in [0.25, 0.3) is 0 Å². The van der Waals surface area contributed by atoms with Crippen LogP contribution in [0.15, 0.2) is 0 Å². The number of rotatable bonds is 4. The van der Waals surface area contributed by atoms with E-state index in [-0.39, 0.29) is 24.4 Å². The highest BCUT2D eigenvalue weighted by Gasteiger charge is 2.38. The second-order valence-corrected chi connectivity index (χ2v) is 6.65. The van der Waals surface area contributed by atoms with Crippen molar-refractivity contribution in [3.05, 3.63) is 0 Å². The van der Waals surface area contributed by atoms with E-state index in [0.29, 0.717) is 11.5 Å². The van der Waals surface area contributed by atoms with Crippen molar-refractivity contribution in [2.75, 3.05) is 26.2 Å². The molecule has 1 saturated carbocycles. The van der Waals surface area contributed by atoms with Gasteiger partial charge in [0.2, 0.25) is 5.91 Å². The maximum Gasteiger partial charge on any atom is 0.237 e. The Bertz CT molecular complexity index is 327. The van der Waals surface area contributed by atoms with Crippen LogP contribution in [-0.4, -0.2) is 49.1 Å². The number of carbonyl (C=O) groups is 1. The number of nitrogens with one attached hydrogen (secondary N) is 2. The zero-order valence-corrected chi connectivity index (χ0v) is 12.6. The zero-order valence-electron chi connectivity index (χ0n) is 11.8. The topological polar surface area (TPSA) is 44.4 Å². The summed E-state index contributed by atoms with van der Waals surface area (Å²) >= 11 is 0. The molecular formula is C14H26ClN3O. The summed E-state index contributed by atoms with van der Waals surface area (Å²) in [7, 11) is 0. The fraction of sp³-hybridized carbons (Fsp3) is 0.929. The second kappa shape index (κ2) is 5.98. The molecule has 0 aromatic heterocycles. The minimum absolute atomic E-state index is 0. The summed E-state index contributed by atoms with van der Waals surface area (Å²) < 4.78 is 0. The van der Waals surface area contributed by atoms with E-state index < -0.39 is 0 Å². The second-order valence-electron chi connectivity index (χ2n) is 6.65. The fourth-order valence-electron chi connectivity index (χ4n) is 3.33. The summed E-state index contributed by atoms with van der Waals surface area (Å²) in [5.74, 6) is 0.282. The van der Waals surface area contributed by atoms with E-state index in [2.05, 4.69) is 22.5 Å². The van der Waals surface area contributed by atoms with Crippen LogP contribution >= 0.6 is 12.4 Å². The van der Waals surface area contributed by atoms with Gasteiger partial charge in [0, 0.05) is 19.1 Å². The number of carbonyl (C=O) groups excluding carboxylic acids is 1. The Kier molecular flexibility index (Phi) is 4.75. The molecule has 2 heterocycles. The molecule has 0 bridgehead atoms. The molecule has 0 radical (unpaired) electrons. The minimum Gasteiger partial charge on any atom is -0.352 e. The van der Waals surface area contributed by atoms with Crippen molar-refractivity contribution >= 4 is 18.3 Å². The number of hydrogen-bond acceptors (Lipinski definition) is 3. The number of nitrogens with zero attached hydrogens (tertiary/aromatic N) is 1. The maximum atomic E-state index is 12.2. The van der Waals surface area contributed by atoms with E-state index in [1.165, 1.54) is 25.7 Å². The van der Waals surface area contributed by atoms with Crippen molar-refractivity contribution in [2.45, 2.75) is 51.1 Å². The van der Waals surface area contributed by atoms with Gasteiger partial charge in [0.1, 0.15) is 0 Å². The highest BCUT2D eigenvalue weighted by molar-refractivity contribution is 5.85. The Balaban J connectivity index is 0.00000133. The molecule has 3 fully saturated rings. The molecule has 1 aliphatic carbocycles. The summed E-state index contributed by atoms with van der Waals surface area (Å²) in [6.45, 7) is 6.74. The number of halogens is 1. The molecule has 3 aliphatic rings. The smallest absolute Gasteiger partial charge is 0.237 e. The van der Waals surface area contributed by atoms with Crippen LogP contribution in [0.4, 0.5) is 0 Å². The predicted molar refractivity (Wildman–Crippen MR) is 78.6 cm³/mol. The van der Waals surface area contributed by atoms with Gasteiger partial charge in [-0.3, -0.25) is 9.69 Å². The van der Waals surface area contributed by atoms with Crippen molar-refractivity contribution in [3.63, 3.8) is 0 Å². The lowest BCUT2D eigenvalue weighted by atomic mass is 9.89. The normalized spacial score (nSPS) is 35.1. The molecule has 2 saturated heterocycles. The molecular weight excluding hydrogens is 262 g/mol. The third kappa shape index (κ3) is 3.61. The molecule has 1 amide bonds. The van der Waals surface area contributed by atoms with Gasteiger partial charge in [-0.25, -0.2) is 0 Å². The largest absolute Gasteiger partial charge is 0.352 e. The van der Waals surface area contributed by atoms with Gasteiger partial charge in [-0.05, 0) is 50.6 Å². The maximum absolute atomic E-state index is 12.2. The van der Waals surface area contributed by atoms with Gasteiger partial charge >= 0.3 is 0 Å². The summed E-state index contributed by atoms with van der Waals surface area (Å²) in [6.07, 6.45) is 5.81. The van der Waals surface area contributed by atoms with Crippen LogP contribution < -0.4 is 10.6 Å². The zero-order chi connectivity index (χ0) is 12.6. The molecule has 3 rings (SSSR count). The van der Waals surface area contributed by atoms with Crippen LogP contribution in [0.2, 0.25) is 0 Å². The molecule has 5 heteroatoms. The summed E-state index contributed by atoms with van der Waals surface area (Å²) in [5, 5.41) is 6.61. The summed E-state index contributed by atoms with van der Waals surface area (Å²) in [4.78, 5) is 14.6. The lowest BCUT2D eigenvalue weighted by Crippen LogP contribution is -2.47. The van der Waals surface area contributed by atoms with Gasteiger partial charge in [-0.15, -0.1) is 12.4 Å². The quantitative estimate of drug-likeness (QED) is 0.815. The first-order valence-electron chi connectivity index (χ1n) is 7.41. The molecule has 2 unspecified atom stereocenters. The minimum atomic E-state index is 0. The SMILES string of the molecule is CC1(CN2CCCC2C(=O)NC2CC2)CCNC1.Cl. The van der Waals surface area contributed by atoms with Gasteiger partial charge < -0.3 is 10.6 Å². The molecule has 110 valence electrons. The van der Waals surface area contributed by atoms with Gasteiger partial charge in [-0.2, -0.15) is 0 Å². The molecule has 2 N–H and O–H groups in total. The first-order valence-corrected chi connectivity index (χ1v) is 7.41. The Hall–Kier alpha value is -0.320. The Morgan fingerprint density at radius 1 is 1.42 bits per heavy atom. The average Bonchev–Trinajstić information content (AvgIpc) is 2.86.